The SMILES string of the molecule is CCn1nccc1C(=O)C=C1CCCCC1. The zero-order chi connectivity index (χ0) is 11.4. The van der Waals surface area contributed by atoms with Crippen molar-refractivity contribution < 1.29 is 4.79 Å². The molecule has 0 bridgehead atoms. The molecule has 86 valence electrons. The number of hydrogen-bond acceptors (Lipinski definition) is 2. The van der Waals surface area contributed by atoms with E-state index < -0.39 is 0 Å². The minimum absolute atomic E-state index is 0.108. The molecule has 3 nitrogen and oxygen atoms in total. The molecule has 1 aromatic heterocycles. The van der Waals surface area contributed by atoms with Crippen molar-refractivity contribution in [2.75, 3.05) is 0 Å². The van der Waals surface area contributed by atoms with Crippen molar-refractivity contribution in [1.29, 1.82) is 0 Å². The fraction of sp³-hybridized carbons (Fsp3) is 0.538. The van der Waals surface area contributed by atoms with Crippen LogP contribution in [-0.4, -0.2) is 15.6 Å². The molecular formula is C13H18N2O. The maximum Gasteiger partial charge on any atom is 0.203 e. The van der Waals surface area contributed by atoms with Crippen LogP contribution in [0.4, 0.5) is 0 Å². The van der Waals surface area contributed by atoms with E-state index in [1.807, 2.05) is 13.0 Å². The van der Waals surface area contributed by atoms with E-state index in [9.17, 15) is 4.79 Å². The molecule has 3 heteroatoms. The molecule has 1 fully saturated rings. The van der Waals surface area contributed by atoms with Crippen LogP contribution < -0.4 is 0 Å². The van der Waals surface area contributed by atoms with E-state index in [1.54, 1.807) is 16.9 Å². The van der Waals surface area contributed by atoms with Crippen molar-refractivity contribution >= 4 is 5.78 Å². The predicted molar refractivity (Wildman–Crippen MR) is 63.4 cm³/mol. The van der Waals surface area contributed by atoms with Crippen molar-refractivity contribution in [3.63, 3.8) is 0 Å². The predicted octanol–water partition coefficient (Wildman–Crippen LogP) is 2.98. The first-order chi connectivity index (χ1) is 7.81. The summed E-state index contributed by atoms with van der Waals surface area (Å²) in [7, 11) is 0. The summed E-state index contributed by atoms with van der Waals surface area (Å²) in [5.41, 5.74) is 2.01. The van der Waals surface area contributed by atoms with Gasteiger partial charge < -0.3 is 0 Å². The van der Waals surface area contributed by atoms with E-state index >= 15 is 0 Å². The van der Waals surface area contributed by atoms with Gasteiger partial charge in [0.1, 0.15) is 5.69 Å². The van der Waals surface area contributed by atoms with Crippen molar-refractivity contribution in [3.8, 4) is 0 Å². The number of nitrogens with zero attached hydrogens (tertiary/aromatic N) is 2. The smallest absolute Gasteiger partial charge is 0.203 e. The molecule has 0 radical (unpaired) electrons. The van der Waals surface area contributed by atoms with E-state index in [4.69, 9.17) is 0 Å². The van der Waals surface area contributed by atoms with Gasteiger partial charge in [-0.2, -0.15) is 5.10 Å². The molecule has 1 saturated carbocycles. The summed E-state index contributed by atoms with van der Waals surface area (Å²) in [6.45, 7) is 2.74. The molecule has 0 saturated heterocycles. The van der Waals surface area contributed by atoms with Crippen LogP contribution in [0.25, 0.3) is 0 Å². The van der Waals surface area contributed by atoms with Crippen LogP contribution in [0.1, 0.15) is 49.5 Å². The molecule has 0 aliphatic heterocycles. The second-order valence-corrected chi connectivity index (χ2v) is 4.26. The van der Waals surface area contributed by atoms with Gasteiger partial charge in [-0.05, 0) is 44.7 Å². The first-order valence-electron chi connectivity index (χ1n) is 6.07. The van der Waals surface area contributed by atoms with Crippen LogP contribution in [0.5, 0.6) is 0 Å². The van der Waals surface area contributed by atoms with Gasteiger partial charge in [-0.25, -0.2) is 0 Å². The lowest BCUT2D eigenvalue weighted by Gasteiger charge is -2.12. The molecule has 1 aliphatic rings. The monoisotopic (exact) mass is 218 g/mol. The summed E-state index contributed by atoms with van der Waals surface area (Å²) >= 11 is 0. The second-order valence-electron chi connectivity index (χ2n) is 4.26. The van der Waals surface area contributed by atoms with Crippen LogP contribution in [0.2, 0.25) is 0 Å². The van der Waals surface area contributed by atoms with Crippen molar-refractivity contribution in [2.24, 2.45) is 0 Å². The summed E-state index contributed by atoms with van der Waals surface area (Å²) < 4.78 is 1.75. The highest BCUT2D eigenvalue weighted by molar-refractivity contribution is 6.03. The standard InChI is InChI=1S/C13H18N2O/c1-2-15-12(8-9-14-15)13(16)10-11-6-4-3-5-7-11/h8-10H,2-7H2,1H3. The van der Waals surface area contributed by atoms with Gasteiger partial charge >= 0.3 is 0 Å². The maximum atomic E-state index is 12.0. The highest BCUT2D eigenvalue weighted by atomic mass is 16.1. The molecule has 2 rings (SSSR count). The lowest BCUT2D eigenvalue weighted by Crippen LogP contribution is -2.08. The number of carbonyl (C=O) groups is 1. The van der Waals surface area contributed by atoms with Crippen LogP contribution in [0.15, 0.2) is 23.9 Å². The minimum atomic E-state index is 0.108. The molecule has 1 aliphatic carbocycles. The summed E-state index contributed by atoms with van der Waals surface area (Å²) in [6, 6.07) is 1.80. The Hall–Kier alpha value is -1.38. The summed E-state index contributed by atoms with van der Waals surface area (Å²) in [4.78, 5) is 12.0. The summed E-state index contributed by atoms with van der Waals surface area (Å²) in [6.07, 6.45) is 9.45. The average molecular weight is 218 g/mol. The van der Waals surface area contributed by atoms with E-state index in [0.29, 0.717) is 5.69 Å². The van der Waals surface area contributed by atoms with Gasteiger partial charge in [0, 0.05) is 12.7 Å². The Bertz CT molecular complexity index is 396. The quantitative estimate of drug-likeness (QED) is 0.577. The van der Waals surface area contributed by atoms with Crippen LogP contribution in [-0.2, 0) is 6.54 Å². The maximum absolute atomic E-state index is 12.0. The number of rotatable bonds is 3. The number of carbonyl (C=O) groups excluding carboxylic acids is 1. The Morgan fingerprint density at radius 1 is 1.44 bits per heavy atom. The molecule has 0 N–H and O–H groups in total. The van der Waals surface area contributed by atoms with E-state index in [2.05, 4.69) is 5.10 Å². The third-order valence-corrected chi connectivity index (χ3v) is 3.10. The number of aromatic nitrogens is 2. The van der Waals surface area contributed by atoms with Gasteiger partial charge in [0.15, 0.2) is 0 Å². The molecule has 0 unspecified atom stereocenters. The number of allylic oxidation sites excluding steroid dienone is 2. The van der Waals surface area contributed by atoms with Crippen molar-refractivity contribution in [1.82, 2.24) is 9.78 Å². The van der Waals surface area contributed by atoms with E-state index in [-0.39, 0.29) is 5.78 Å². The van der Waals surface area contributed by atoms with Gasteiger partial charge in [0.2, 0.25) is 5.78 Å². The molecular weight excluding hydrogens is 200 g/mol. The Morgan fingerprint density at radius 3 is 2.88 bits per heavy atom. The highest BCUT2D eigenvalue weighted by Crippen LogP contribution is 2.23. The molecule has 0 aromatic carbocycles. The highest BCUT2D eigenvalue weighted by Gasteiger charge is 2.11. The molecule has 16 heavy (non-hydrogen) atoms. The van der Waals surface area contributed by atoms with Crippen molar-refractivity contribution in [3.05, 3.63) is 29.6 Å². The first-order valence-corrected chi connectivity index (χ1v) is 6.07. The van der Waals surface area contributed by atoms with Gasteiger partial charge in [0.05, 0.1) is 0 Å². The molecule has 0 atom stereocenters. The van der Waals surface area contributed by atoms with Crippen LogP contribution in [0, 0.1) is 0 Å². The number of hydrogen-bond donors (Lipinski definition) is 0. The lowest BCUT2D eigenvalue weighted by atomic mass is 9.94. The topological polar surface area (TPSA) is 34.9 Å². The zero-order valence-corrected chi connectivity index (χ0v) is 9.78. The number of ketones is 1. The molecule has 0 spiro atoms. The fourth-order valence-corrected chi connectivity index (χ4v) is 2.20. The van der Waals surface area contributed by atoms with E-state index in [0.717, 1.165) is 19.4 Å². The minimum Gasteiger partial charge on any atom is -0.288 e. The van der Waals surface area contributed by atoms with Gasteiger partial charge in [0.25, 0.3) is 0 Å². The third kappa shape index (κ3) is 2.40. The summed E-state index contributed by atoms with van der Waals surface area (Å²) in [5, 5.41) is 4.12. The Morgan fingerprint density at radius 2 is 2.19 bits per heavy atom. The lowest BCUT2D eigenvalue weighted by molar-refractivity contribution is 0.103. The second kappa shape index (κ2) is 5.10. The molecule has 1 aromatic rings. The van der Waals surface area contributed by atoms with Crippen LogP contribution in [0.3, 0.4) is 0 Å². The Labute approximate surface area is 96.2 Å². The van der Waals surface area contributed by atoms with Gasteiger partial charge in [-0.3, -0.25) is 9.48 Å². The van der Waals surface area contributed by atoms with E-state index in [1.165, 1.54) is 24.8 Å². The fourth-order valence-electron chi connectivity index (χ4n) is 2.20. The largest absolute Gasteiger partial charge is 0.288 e. The van der Waals surface area contributed by atoms with Crippen molar-refractivity contribution in [2.45, 2.75) is 45.6 Å². The third-order valence-electron chi connectivity index (χ3n) is 3.10. The van der Waals surface area contributed by atoms with Crippen LogP contribution >= 0.6 is 0 Å². The molecule has 0 amide bonds. The first kappa shape index (κ1) is 11.1. The van der Waals surface area contributed by atoms with Gasteiger partial charge in [-0.1, -0.05) is 12.0 Å². The average Bonchev–Trinajstić information content (AvgIpc) is 2.78. The number of aryl methyl sites for hydroxylation is 1. The van der Waals surface area contributed by atoms with Gasteiger partial charge in [-0.15, -0.1) is 0 Å². The zero-order valence-electron chi connectivity index (χ0n) is 9.78. The molecule has 1 heterocycles. The Kier molecular flexibility index (Phi) is 3.54. The Balaban J connectivity index is 2.13. The normalized spacial score (nSPS) is 16.2. The summed E-state index contributed by atoms with van der Waals surface area (Å²) in [5.74, 6) is 0.108.